The van der Waals surface area contributed by atoms with E-state index in [4.69, 9.17) is 16.6 Å². The van der Waals surface area contributed by atoms with E-state index >= 15 is 0 Å². The molecule has 0 atom stereocenters. The van der Waals surface area contributed by atoms with Crippen molar-refractivity contribution < 1.29 is 0 Å². The molecule has 0 radical (unpaired) electrons. The van der Waals surface area contributed by atoms with Crippen molar-refractivity contribution in [3.63, 3.8) is 0 Å². The highest BCUT2D eigenvalue weighted by Crippen LogP contribution is 2.47. The lowest BCUT2D eigenvalue weighted by Gasteiger charge is -2.18. The largest absolute Gasteiger partial charge is 0.312 e. The monoisotopic (exact) mass is 716 g/mol. The lowest BCUT2D eigenvalue weighted by molar-refractivity contribution is 0.976. The molecular formula is C49H40N4S. The van der Waals surface area contributed by atoms with Crippen molar-refractivity contribution in [3.05, 3.63) is 203 Å². The van der Waals surface area contributed by atoms with Gasteiger partial charge in [0.2, 0.25) is 0 Å². The minimum atomic E-state index is 0.188. The van der Waals surface area contributed by atoms with Crippen LogP contribution in [0.25, 0.3) is 39.7 Å². The van der Waals surface area contributed by atoms with Crippen LogP contribution < -0.4 is 0 Å². The summed E-state index contributed by atoms with van der Waals surface area (Å²) < 4.78 is 2.44. The van der Waals surface area contributed by atoms with Crippen molar-refractivity contribution >= 4 is 41.7 Å². The maximum absolute atomic E-state index is 5.21. The molecule has 2 heterocycles. The molecule has 0 bridgehead atoms. The Kier molecular flexibility index (Phi) is 9.89. The number of aliphatic imine (C=N–C) groups is 3. The maximum atomic E-state index is 5.21. The summed E-state index contributed by atoms with van der Waals surface area (Å²) in [6.07, 6.45) is 9.52. The Hall–Kier alpha value is -6.30. The van der Waals surface area contributed by atoms with Gasteiger partial charge < -0.3 is 4.57 Å². The van der Waals surface area contributed by atoms with E-state index in [0.29, 0.717) is 5.84 Å². The molecule has 0 fully saturated rings. The number of aromatic nitrogens is 1. The third-order valence-electron chi connectivity index (χ3n) is 9.87. The Bertz CT molecular complexity index is 2540. The summed E-state index contributed by atoms with van der Waals surface area (Å²) in [7, 11) is 0. The first-order valence-electron chi connectivity index (χ1n) is 18.1. The number of hydrogen-bond acceptors (Lipinski definition) is 3. The van der Waals surface area contributed by atoms with E-state index in [1.165, 1.54) is 38.4 Å². The summed E-state index contributed by atoms with van der Waals surface area (Å²) in [5, 5.41) is 0. The summed E-state index contributed by atoms with van der Waals surface area (Å²) in [4.78, 5) is 15.4. The Labute approximate surface area is 322 Å². The molecule has 54 heavy (non-hydrogen) atoms. The Balaban J connectivity index is 1.31. The van der Waals surface area contributed by atoms with Crippen molar-refractivity contribution in [2.75, 3.05) is 6.67 Å². The standard InChI is InChI=1S/C49H40N4S/c1-33(2)47(37-28-26-36(27-29-37)35-16-7-5-8-17-35)52-49(51-32-50-4)38-19-15-20-40(30-38)53-44-24-10-6-9-23-43(44)46-34(3)41-21-13-14-25-45(41)54-31-39-18-11-12-22-42(39)48(46)53/h5-23,25-30H,1,3-4,24,31-32H2,2H3/b51-49-,52-47?. The van der Waals surface area contributed by atoms with Crippen molar-refractivity contribution in [1.82, 2.24) is 4.57 Å². The van der Waals surface area contributed by atoms with Crippen molar-refractivity contribution in [3.8, 4) is 28.1 Å². The highest BCUT2D eigenvalue weighted by atomic mass is 32.2. The van der Waals surface area contributed by atoms with Crippen LogP contribution in [0.4, 0.5) is 0 Å². The number of hydrogen-bond donors (Lipinski definition) is 0. The van der Waals surface area contributed by atoms with Gasteiger partial charge in [-0.2, -0.15) is 0 Å². The van der Waals surface area contributed by atoms with Gasteiger partial charge in [0.1, 0.15) is 6.67 Å². The molecule has 2 aliphatic rings. The molecule has 6 aromatic rings. The predicted octanol–water partition coefficient (Wildman–Crippen LogP) is 12.1. The van der Waals surface area contributed by atoms with Gasteiger partial charge in [-0.1, -0.05) is 147 Å². The number of fused-ring (bicyclic) bond motifs is 6. The molecule has 8 rings (SSSR count). The van der Waals surface area contributed by atoms with Crippen molar-refractivity contribution in [1.29, 1.82) is 0 Å². The Morgan fingerprint density at radius 3 is 2.31 bits per heavy atom. The van der Waals surface area contributed by atoms with Crippen LogP contribution in [0.1, 0.15) is 46.0 Å². The summed E-state index contributed by atoms with van der Waals surface area (Å²) in [6, 6.07) is 44.8. The number of nitrogens with zero attached hydrogens (tertiary/aromatic N) is 4. The zero-order valence-electron chi connectivity index (χ0n) is 30.4. The average molecular weight is 717 g/mol. The summed E-state index contributed by atoms with van der Waals surface area (Å²) in [6.45, 7) is 15.0. The van der Waals surface area contributed by atoms with Crippen LogP contribution in [-0.2, 0) is 12.2 Å². The normalized spacial score (nSPS) is 13.8. The highest BCUT2D eigenvalue weighted by Gasteiger charge is 2.29. The number of benzene rings is 5. The molecule has 0 unspecified atom stereocenters. The quantitative estimate of drug-likeness (QED) is 0.120. The lowest BCUT2D eigenvalue weighted by atomic mass is 9.91. The van der Waals surface area contributed by atoms with Gasteiger partial charge in [-0.05, 0) is 65.2 Å². The second-order valence-electron chi connectivity index (χ2n) is 13.4. The SMILES string of the molecule is C=NC/N=C(\N=C(C(=C)C)c1ccc(-c2ccccc2)cc1)c1cccc(-n2c3c(c4c2-c2ccccc2CSc2ccccc2C4=C)C=CC=CC3)c1. The lowest BCUT2D eigenvalue weighted by Crippen LogP contribution is -2.10. The smallest absolute Gasteiger partial charge is 0.157 e. The van der Waals surface area contributed by atoms with Gasteiger partial charge in [0.05, 0.1) is 11.4 Å². The number of amidine groups is 1. The van der Waals surface area contributed by atoms with Gasteiger partial charge >= 0.3 is 0 Å². The molecule has 262 valence electrons. The first kappa shape index (κ1) is 34.8. The average Bonchev–Trinajstić information content (AvgIpc) is 3.36. The summed E-state index contributed by atoms with van der Waals surface area (Å²) in [5.74, 6) is 1.42. The van der Waals surface area contributed by atoms with E-state index in [2.05, 4.69) is 168 Å². The van der Waals surface area contributed by atoms with Gasteiger partial charge in [0.25, 0.3) is 0 Å². The van der Waals surface area contributed by atoms with Crippen LogP contribution in [0, 0.1) is 0 Å². The van der Waals surface area contributed by atoms with Gasteiger partial charge in [0.15, 0.2) is 5.84 Å². The third kappa shape index (κ3) is 6.70. The molecule has 1 aromatic heterocycles. The molecule has 0 saturated heterocycles. The molecule has 1 aliphatic carbocycles. The summed E-state index contributed by atoms with van der Waals surface area (Å²) >= 11 is 1.87. The molecule has 1 aliphatic heterocycles. The van der Waals surface area contributed by atoms with Crippen LogP contribution in [0.15, 0.2) is 184 Å². The van der Waals surface area contributed by atoms with E-state index < -0.39 is 0 Å². The third-order valence-corrected chi connectivity index (χ3v) is 11.0. The second kappa shape index (κ2) is 15.4. The van der Waals surface area contributed by atoms with E-state index in [-0.39, 0.29) is 6.67 Å². The summed E-state index contributed by atoms with van der Waals surface area (Å²) in [5.41, 5.74) is 16.2. The van der Waals surface area contributed by atoms with E-state index in [0.717, 1.165) is 62.7 Å². The van der Waals surface area contributed by atoms with Crippen LogP contribution in [0.2, 0.25) is 0 Å². The fraction of sp³-hybridized carbons (Fsp3) is 0.0816. The zero-order valence-corrected chi connectivity index (χ0v) is 31.2. The minimum absolute atomic E-state index is 0.188. The number of thioether (sulfide) groups is 1. The molecule has 4 nitrogen and oxygen atoms in total. The fourth-order valence-electron chi connectivity index (χ4n) is 7.34. The van der Waals surface area contributed by atoms with Crippen molar-refractivity contribution in [2.45, 2.75) is 24.0 Å². The van der Waals surface area contributed by atoms with Crippen LogP contribution in [0.5, 0.6) is 0 Å². The zero-order chi connectivity index (χ0) is 37.0. The molecule has 0 saturated carbocycles. The van der Waals surface area contributed by atoms with E-state index in [1.54, 1.807) is 0 Å². The van der Waals surface area contributed by atoms with Crippen LogP contribution in [0.3, 0.4) is 0 Å². The molecule has 0 spiro atoms. The maximum Gasteiger partial charge on any atom is 0.157 e. The van der Waals surface area contributed by atoms with Gasteiger partial charge in [-0.25, -0.2) is 9.98 Å². The second-order valence-corrected chi connectivity index (χ2v) is 14.4. The predicted molar refractivity (Wildman–Crippen MR) is 231 cm³/mol. The molecular weight excluding hydrogens is 677 g/mol. The molecule has 5 heteroatoms. The first-order valence-corrected chi connectivity index (χ1v) is 19.1. The van der Waals surface area contributed by atoms with E-state index in [1.807, 2.05) is 24.8 Å². The topological polar surface area (TPSA) is 42.0 Å². The van der Waals surface area contributed by atoms with E-state index in [9.17, 15) is 0 Å². The number of rotatable bonds is 7. The molecule has 5 aromatic carbocycles. The Morgan fingerprint density at radius 1 is 0.778 bits per heavy atom. The van der Waals surface area contributed by atoms with Gasteiger partial charge in [-0.3, -0.25) is 4.99 Å². The fourth-order valence-corrected chi connectivity index (χ4v) is 8.42. The first-order chi connectivity index (χ1) is 26.5. The van der Waals surface area contributed by atoms with Gasteiger partial charge in [-0.15, -0.1) is 11.8 Å². The van der Waals surface area contributed by atoms with Gasteiger partial charge in [0, 0.05) is 56.3 Å². The Morgan fingerprint density at radius 2 is 1.52 bits per heavy atom. The minimum Gasteiger partial charge on any atom is -0.312 e. The highest BCUT2D eigenvalue weighted by molar-refractivity contribution is 7.98. The molecule has 0 amide bonds. The van der Waals surface area contributed by atoms with Crippen molar-refractivity contribution in [2.24, 2.45) is 15.0 Å². The number of allylic oxidation sites excluding steroid dienone is 4. The van der Waals surface area contributed by atoms with Crippen LogP contribution >= 0.6 is 11.8 Å². The van der Waals surface area contributed by atoms with Crippen LogP contribution in [-0.4, -0.2) is 29.5 Å². The molecule has 0 N–H and O–H groups in total.